The maximum Gasteiger partial charge on any atom is 0.315 e. The topological polar surface area (TPSA) is 83.7 Å². The van der Waals surface area contributed by atoms with Gasteiger partial charge in [-0.05, 0) is 53.2 Å². The number of carbonyl (C=O) groups excluding carboxylic acids is 1. The molecule has 2 rings (SSSR count). The molecule has 130 valence electrons. The number of furan rings is 1. The molecule has 3 N–H and O–H groups in total. The Balaban J connectivity index is 1.82. The van der Waals surface area contributed by atoms with Crippen LogP contribution >= 0.6 is 0 Å². The fourth-order valence-electron chi connectivity index (χ4n) is 3.20. The number of amides is 2. The van der Waals surface area contributed by atoms with Crippen LogP contribution in [0.5, 0.6) is 0 Å². The van der Waals surface area contributed by atoms with Crippen LogP contribution in [0, 0.1) is 0 Å². The second-order valence-electron chi connectivity index (χ2n) is 7.51. The lowest BCUT2D eigenvalue weighted by Crippen LogP contribution is -2.51. The molecule has 0 radical (unpaired) electrons. The van der Waals surface area contributed by atoms with E-state index in [0.29, 0.717) is 12.2 Å². The first kappa shape index (κ1) is 17.8. The number of ether oxygens (including phenoxy) is 1. The Morgan fingerprint density at radius 1 is 1.43 bits per heavy atom. The molecular weight excluding hydrogens is 296 g/mol. The first-order valence-electron chi connectivity index (χ1n) is 8.08. The molecule has 1 saturated heterocycles. The largest absolute Gasteiger partial charge is 0.467 e. The number of carbonyl (C=O) groups is 1. The highest BCUT2D eigenvalue weighted by molar-refractivity contribution is 5.74. The second kappa shape index (κ2) is 6.53. The van der Waals surface area contributed by atoms with E-state index >= 15 is 0 Å². The molecule has 1 aromatic heterocycles. The maximum atomic E-state index is 12.2. The Hall–Kier alpha value is -1.53. The predicted octanol–water partition coefficient (Wildman–Crippen LogP) is 2.74. The van der Waals surface area contributed by atoms with Crippen LogP contribution in [0.1, 0.15) is 59.3 Å². The molecule has 23 heavy (non-hydrogen) atoms. The van der Waals surface area contributed by atoms with E-state index in [0.717, 1.165) is 6.42 Å². The molecule has 0 aromatic carbocycles. The Bertz CT molecular complexity index is 525. The van der Waals surface area contributed by atoms with Crippen LogP contribution in [0.4, 0.5) is 4.79 Å². The molecule has 6 heteroatoms. The van der Waals surface area contributed by atoms with E-state index in [1.54, 1.807) is 12.1 Å². The van der Waals surface area contributed by atoms with Crippen molar-refractivity contribution in [3.63, 3.8) is 0 Å². The van der Waals surface area contributed by atoms with Crippen molar-refractivity contribution in [3.8, 4) is 0 Å². The van der Waals surface area contributed by atoms with Gasteiger partial charge in [0.25, 0.3) is 0 Å². The average molecular weight is 324 g/mol. The Labute approximate surface area is 137 Å². The minimum Gasteiger partial charge on any atom is -0.467 e. The van der Waals surface area contributed by atoms with Crippen LogP contribution < -0.4 is 10.6 Å². The molecule has 3 atom stereocenters. The molecule has 0 spiro atoms. The van der Waals surface area contributed by atoms with E-state index in [2.05, 4.69) is 10.6 Å². The van der Waals surface area contributed by atoms with E-state index in [1.165, 1.54) is 6.26 Å². The third-order valence-corrected chi connectivity index (χ3v) is 4.21. The first-order chi connectivity index (χ1) is 10.6. The summed E-state index contributed by atoms with van der Waals surface area (Å²) in [6, 6.07) is 2.96. The van der Waals surface area contributed by atoms with Crippen molar-refractivity contribution in [3.05, 3.63) is 24.2 Å². The molecule has 2 heterocycles. The van der Waals surface area contributed by atoms with Gasteiger partial charge in [-0.2, -0.15) is 0 Å². The lowest BCUT2D eigenvalue weighted by molar-refractivity contribution is -0.0691. The molecule has 0 bridgehead atoms. The molecule has 6 nitrogen and oxygen atoms in total. The van der Waals surface area contributed by atoms with Gasteiger partial charge in [0.2, 0.25) is 0 Å². The van der Waals surface area contributed by atoms with E-state index in [-0.39, 0.29) is 23.7 Å². The second-order valence-corrected chi connectivity index (χ2v) is 7.51. The highest BCUT2D eigenvalue weighted by Crippen LogP contribution is 2.37. The molecule has 0 aliphatic carbocycles. The molecule has 0 saturated carbocycles. The summed E-state index contributed by atoms with van der Waals surface area (Å²) in [7, 11) is 0. The van der Waals surface area contributed by atoms with Gasteiger partial charge in [-0.3, -0.25) is 0 Å². The molecular formula is C17H28N2O4. The summed E-state index contributed by atoms with van der Waals surface area (Å²) in [5, 5.41) is 15.9. The lowest BCUT2D eigenvalue weighted by Gasteiger charge is -2.28. The number of hydrogen-bond donors (Lipinski definition) is 3. The summed E-state index contributed by atoms with van der Waals surface area (Å²) in [6.45, 7) is 9.87. The molecule has 1 aliphatic heterocycles. The van der Waals surface area contributed by atoms with Crippen LogP contribution in [0.25, 0.3) is 0 Å². The lowest BCUT2D eigenvalue weighted by atomic mass is 9.94. The summed E-state index contributed by atoms with van der Waals surface area (Å²) in [5.41, 5.74) is -0.652. The normalized spacial score (nSPS) is 24.9. The fraction of sp³-hybridized carbons (Fsp3) is 0.706. The van der Waals surface area contributed by atoms with Crippen LogP contribution in [-0.4, -0.2) is 34.4 Å². The average Bonchev–Trinajstić information content (AvgIpc) is 2.95. The Morgan fingerprint density at radius 3 is 2.65 bits per heavy atom. The third-order valence-electron chi connectivity index (χ3n) is 4.21. The summed E-state index contributed by atoms with van der Waals surface area (Å²) >= 11 is 0. The van der Waals surface area contributed by atoms with Crippen molar-refractivity contribution in [1.82, 2.24) is 10.6 Å². The number of rotatable bonds is 5. The zero-order valence-electron chi connectivity index (χ0n) is 14.6. The van der Waals surface area contributed by atoms with E-state index in [1.807, 2.05) is 34.6 Å². The van der Waals surface area contributed by atoms with E-state index in [4.69, 9.17) is 9.15 Å². The van der Waals surface area contributed by atoms with Crippen molar-refractivity contribution in [2.75, 3.05) is 0 Å². The fourth-order valence-corrected chi connectivity index (χ4v) is 3.20. The Morgan fingerprint density at radius 2 is 2.13 bits per heavy atom. The van der Waals surface area contributed by atoms with Gasteiger partial charge in [-0.15, -0.1) is 0 Å². The standard InChI is InChI=1S/C17H28N2O4/c1-11(9-12(20)13-7-6-8-22-13)18-15(21)19-14-10-16(2,3)23-17(14,4)5/h6-8,11-12,14,20H,9-10H2,1-5H3,(H2,18,19,21). The van der Waals surface area contributed by atoms with E-state index < -0.39 is 11.7 Å². The van der Waals surface area contributed by atoms with Gasteiger partial charge >= 0.3 is 6.03 Å². The van der Waals surface area contributed by atoms with Gasteiger partial charge in [0.05, 0.1) is 23.5 Å². The highest BCUT2D eigenvalue weighted by atomic mass is 16.5. The SMILES string of the molecule is CC(CC(O)c1ccco1)NC(=O)NC1CC(C)(C)OC1(C)C. The zero-order valence-corrected chi connectivity index (χ0v) is 14.6. The summed E-state index contributed by atoms with van der Waals surface area (Å²) in [6.07, 6.45) is 1.94. The number of nitrogens with one attached hydrogen (secondary N) is 2. The monoisotopic (exact) mass is 324 g/mol. The van der Waals surface area contributed by atoms with Crippen molar-refractivity contribution in [1.29, 1.82) is 0 Å². The zero-order chi connectivity index (χ0) is 17.3. The smallest absolute Gasteiger partial charge is 0.315 e. The van der Waals surface area contributed by atoms with Crippen LogP contribution in [-0.2, 0) is 4.74 Å². The van der Waals surface area contributed by atoms with Gasteiger partial charge < -0.3 is 24.9 Å². The summed E-state index contributed by atoms with van der Waals surface area (Å²) in [4.78, 5) is 12.2. The van der Waals surface area contributed by atoms with Crippen molar-refractivity contribution in [2.45, 2.75) is 76.9 Å². The minimum atomic E-state index is -0.731. The van der Waals surface area contributed by atoms with Gasteiger partial charge in [-0.1, -0.05) is 0 Å². The summed E-state index contributed by atoms with van der Waals surface area (Å²) in [5.74, 6) is 0.506. The number of urea groups is 1. The maximum absolute atomic E-state index is 12.2. The van der Waals surface area contributed by atoms with Crippen LogP contribution in [0.2, 0.25) is 0 Å². The third kappa shape index (κ3) is 4.72. The van der Waals surface area contributed by atoms with E-state index in [9.17, 15) is 9.90 Å². The quantitative estimate of drug-likeness (QED) is 0.777. The summed E-state index contributed by atoms with van der Waals surface area (Å²) < 4.78 is 11.1. The van der Waals surface area contributed by atoms with Gasteiger partial charge in [-0.25, -0.2) is 4.79 Å². The Kier molecular flexibility index (Phi) is 5.06. The molecule has 1 fully saturated rings. The molecule has 1 aliphatic rings. The predicted molar refractivity (Wildman–Crippen MR) is 87.1 cm³/mol. The van der Waals surface area contributed by atoms with Crippen molar-refractivity contribution < 1.29 is 19.1 Å². The van der Waals surface area contributed by atoms with Gasteiger partial charge in [0.15, 0.2) is 0 Å². The van der Waals surface area contributed by atoms with Gasteiger partial charge in [0.1, 0.15) is 11.9 Å². The number of hydrogen-bond acceptors (Lipinski definition) is 4. The molecule has 2 amide bonds. The number of aliphatic hydroxyl groups is 1. The van der Waals surface area contributed by atoms with Crippen molar-refractivity contribution >= 4 is 6.03 Å². The van der Waals surface area contributed by atoms with Crippen molar-refractivity contribution in [2.24, 2.45) is 0 Å². The van der Waals surface area contributed by atoms with Crippen LogP contribution in [0.15, 0.2) is 22.8 Å². The van der Waals surface area contributed by atoms with Crippen LogP contribution in [0.3, 0.4) is 0 Å². The molecule has 3 unspecified atom stereocenters. The first-order valence-corrected chi connectivity index (χ1v) is 8.08. The van der Waals surface area contributed by atoms with Gasteiger partial charge in [0, 0.05) is 12.5 Å². The number of aliphatic hydroxyl groups excluding tert-OH is 1. The molecule has 1 aromatic rings. The minimum absolute atomic E-state index is 0.0558. The highest BCUT2D eigenvalue weighted by Gasteiger charge is 2.46.